The highest BCUT2D eigenvalue weighted by Gasteiger charge is 2.43. The molecule has 4 N–H and O–H groups in total. The minimum Gasteiger partial charge on any atom is -0.453 e. The quantitative estimate of drug-likeness (QED) is 0.525. The number of carbonyl (C=O) groups is 3. The molecule has 3 heterocycles. The molecule has 0 spiro atoms. The maximum Gasteiger partial charge on any atom is 0.411 e. The number of benzene rings is 2. The lowest BCUT2D eigenvalue weighted by Crippen LogP contribution is -2.52. The highest BCUT2D eigenvalue weighted by molar-refractivity contribution is 7.22. The predicted molar refractivity (Wildman–Crippen MR) is 130 cm³/mol. The van der Waals surface area contributed by atoms with Crippen LogP contribution in [-0.2, 0) is 4.74 Å². The lowest BCUT2D eigenvalue weighted by molar-refractivity contribution is 0.0549. The van der Waals surface area contributed by atoms with Crippen LogP contribution >= 0.6 is 11.3 Å². The number of piperidine rings is 1. The predicted octanol–water partition coefficient (Wildman–Crippen LogP) is 3.62. The first kappa shape index (κ1) is 22.1. The van der Waals surface area contributed by atoms with E-state index in [9.17, 15) is 14.4 Å². The number of aromatic nitrogens is 1. The Hall–Kier alpha value is -3.66. The average molecular weight is 480 g/mol. The molecular formula is C24H25N5O4S. The van der Waals surface area contributed by atoms with Crippen LogP contribution in [-0.4, -0.2) is 53.0 Å². The summed E-state index contributed by atoms with van der Waals surface area (Å²) >= 11 is 1.39. The van der Waals surface area contributed by atoms with E-state index in [2.05, 4.69) is 20.4 Å². The fourth-order valence-electron chi connectivity index (χ4n) is 5.03. The van der Waals surface area contributed by atoms with Gasteiger partial charge in [-0.2, -0.15) is 0 Å². The Bertz CT molecular complexity index is 1260. The summed E-state index contributed by atoms with van der Waals surface area (Å²) in [5.74, 6) is -0.198. The summed E-state index contributed by atoms with van der Waals surface area (Å²) in [6.07, 6.45) is 2.65. The average Bonchev–Trinajstić information content (AvgIpc) is 3.33. The molecule has 0 unspecified atom stereocenters. The van der Waals surface area contributed by atoms with E-state index >= 15 is 0 Å². The molecule has 2 aliphatic rings. The van der Waals surface area contributed by atoms with Gasteiger partial charge < -0.3 is 20.7 Å². The molecule has 0 aliphatic carbocycles. The summed E-state index contributed by atoms with van der Waals surface area (Å²) in [6, 6.07) is 12.4. The van der Waals surface area contributed by atoms with Gasteiger partial charge in [-0.05, 0) is 62.1 Å². The minimum absolute atomic E-state index is 0.00224. The van der Waals surface area contributed by atoms with E-state index in [0.717, 1.165) is 23.1 Å². The third kappa shape index (κ3) is 4.28. The van der Waals surface area contributed by atoms with Gasteiger partial charge in [0.1, 0.15) is 0 Å². The molecule has 3 aromatic rings. The zero-order valence-corrected chi connectivity index (χ0v) is 19.4. The molecule has 2 bridgehead atoms. The summed E-state index contributed by atoms with van der Waals surface area (Å²) in [4.78, 5) is 43.9. The molecule has 2 aliphatic heterocycles. The van der Waals surface area contributed by atoms with E-state index in [-0.39, 0.29) is 29.9 Å². The molecule has 3 amide bonds. The molecule has 0 saturated carbocycles. The lowest BCUT2D eigenvalue weighted by atomic mass is 9.95. The zero-order valence-electron chi connectivity index (χ0n) is 18.6. The van der Waals surface area contributed by atoms with Crippen molar-refractivity contribution in [3.63, 3.8) is 0 Å². The summed E-state index contributed by atoms with van der Waals surface area (Å²) in [7, 11) is 1.29. The molecule has 2 aromatic carbocycles. The Labute approximate surface area is 200 Å². The zero-order chi connectivity index (χ0) is 23.8. The number of amides is 3. The third-order valence-corrected chi connectivity index (χ3v) is 7.38. The Balaban J connectivity index is 1.25. The molecule has 2 atom stereocenters. The Morgan fingerprint density at radius 3 is 2.59 bits per heavy atom. The number of nitrogens with one attached hydrogen (secondary N) is 2. The maximum atomic E-state index is 13.3. The number of nitrogens with two attached hydrogens (primary N) is 1. The number of rotatable bonds is 4. The van der Waals surface area contributed by atoms with Crippen molar-refractivity contribution in [2.75, 3.05) is 18.2 Å². The highest BCUT2D eigenvalue weighted by atomic mass is 32.1. The topological polar surface area (TPSA) is 127 Å². The van der Waals surface area contributed by atoms with Gasteiger partial charge in [0, 0.05) is 34.9 Å². The molecule has 34 heavy (non-hydrogen) atoms. The van der Waals surface area contributed by atoms with Crippen molar-refractivity contribution in [3.05, 3.63) is 53.6 Å². The van der Waals surface area contributed by atoms with Gasteiger partial charge in [0.2, 0.25) is 0 Å². The lowest BCUT2D eigenvalue weighted by Gasteiger charge is -2.39. The standard InChI is InChI=1S/C24H25N5O4S/c1-33-24(32)27-15-4-2-3-14(9-15)22(31)29-17-6-7-18(29)12-16(11-17)26-21(30)13-5-8-20-19(10-13)28-23(25)34-20/h2-5,8-10,16-18H,6-7,11-12H2,1H3,(H2,25,28)(H,26,30)(H,27,32)/t17-,18-/m1/s1. The van der Waals surface area contributed by atoms with Gasteiger partial charge >= 0.3 is 6.09 Å². The van der Waals surface area contributed by atoms with Gasteiger partial charge in [-0.15, -0.1) is 0 Å². The van der Waals surface area contributed by atoms with E-state index < -0.39 is 6.09 Å². The number of methoxy groups -OCH3 is 1. The van der Waals surface area contributed by atoms with Crippen LogP contribution in [0.1, 0.15) is 46.4 Å². The number of hydrogen-bond donors (Lipinski definition) is 3. The molecule has 2 fully saturated rings. The van der Waals surface area contributed by atoms with E-state index in [4.69, 9.17) is 5.73 Å². The summed E-state index contributed by atoms with van der Waals surface area (Å²) in [6.45, 7) is 0. The van der Waals surface area contributed by atoms with Gasteiger partial charge in [0.25, 0.3) is 11.8 Å². The van der Waals surface area contributed by atoms with Crippen molar-refractivity contribution in [2.45, 2.75) is 43.8 Å². The van der Waals surface area contributed by atoms with Crippen LogP contribution in [0.25, 0.3) is 10.2 Å². The second-order valence-corrected chi connectivity index (χ2v) is 9.73. The number of nitrogen functional groups attached to an aromatic ring is 1. The molecule has 2 saturated heterocycles. The number of ether oxygens (including phenoxy) is 1. The van der Waals surface area contributed by atoms with Gasteiger partial charge in [-0.3, -0.25) is 14.9 Å². The first-order valence-corrected chi connectivity index (χ1v) is 12.0. The number of thiazole rings is 1. The van der Waals surface area contributed by atoms with Crippen molar-refractivity contribution in [3.8, 4) is 0 Å². The number of carbonyl (C=O) groups excluding carboxylic acids is 3. The van der Waals surface area contributed by atoms with Gasteiger partial charge in [0.15, 0.2) is 5.13 Å². The Morgan fingerprint density at radius 1 is 1.09 bits per heavy atom. The third-order valence-electron chi connectivity index (χ3n) is 6.51. The first-order chi connectivity index (χ1) is 16.4. The van der Waals surface area contributed by atoms with Crippen molar-refractivity contribution < 1.29 is 19.1 Å². The van der Waals surface area contributed by atoms with Gasteiger partial charge in [-0.25, -0.2) is 9.78 Å². The number of hydrogen-bond acceptors (Lipinski definition) is 7. The smallest absolute Gasteiger partial charge is 0.411 e. The van der Waals surface area contributed by atoms with Crippen LogP contribution in [0.3, 0.4) is 0 Å². The Kier molecular flexibility index (Phi) is 5.82. The second kappa shape index (κ2) is 8.94. The highest BCUT2D eigenvalue weighted by Crippen LogP contribution is 2.37. The summed E-state index contributed by atoms with van der Waals surface area (Å²) in [5, 5.41) is 6.22. The van der Waals surface area contributed by atoms with Crippen molar-refractivity contribution in [2.24, 2.45) is 0 Å². The first-order valence-electron chi connectivity index (χ1n) is 11.2. The van der Waals surface area contributed by atoms with E-state index in [1.165, 1.54) is 18.4 Å². The monoisotopic (exact) mass is 479 g/mol. The number of nitrogens with zero attached hydrogens (tertiary/aromatic N) is 2. The molecule has 0 radical (unpaired) electrons. The molecule has 9 nitrogen and oxygen atoms in total. The Morgan fingerprint density at radius 2 is 1.85 bits per heavy atom. The van der Waals surface area contributed by atoms with Crippen molar-refractivity contribution in [1.29, 1.82) is 0 Å². The summed E-state index contributed by atoms with van der Waals surface area (Å²) < 4.78 is 5.57. The molecule has 1 aromatic heterocycles. The molecule has 10 heteroatoms. The number of anilines is 2. The number of fused-ring (bicyclic) bond motifs is 3. The molecule has 176 valence electrons. The fourth-order valence-corrected chi connectivity index (χ4v) is 5.74. The normalized spacial score (nSPS) is 21.3. The molecule has 5 rings (SSSR count). The molecular weight excluding hydrogens is 454 g/mol. The summed E-state index contributed by atoms with van der Waals surface area (Å²) in [5.41, 5.74) is 8.07. The minimum atomic E-state index is -0.585. The largest absolute Gasteiger partial charge is 0.453 e. The van der Waals surface area contributed by atoms with Crippen molar-refractivity contribution >= 4 is 50.3 Å². The fraction of sp³-hybridized carbons (Fsp3) is 0.333. The van der Waals surface area contributed by atoms with Crippen LogP contribution in [0, 0.1) is 0 Å². The van der Waals surface area contributed by atoms with Crippen LogP contribution < -0.4 is 16.4 Å². The van der Waals surface area contributed by atoms with E-state index in [1.54, 1.807) is 36.4 Å². The van der Waals surface area contributed by atoms with Gasteiger partial charge in [0.05, 0.1) is 17.3 Å². The van der Waals surface area contributed by atoms with Gasteiger partial charge in [-0.1, -0.05) is 17.4 Å². The van der Waals surface area contributed by atoms with E-state index in [0.29, 0.717) is 34.8 Å². The van der Waals surface area contributed by atoms with Crippen LogP contribution in [0.15, 0.2) is 42.5 Å². The maximum absolute atomic E-state index is 13.3. The van der Waals surface area contributed by atoms with E-state index in [1.807, 2.05) is 11.0 Å². The SMILES string of the molecule is COC(=O)Nc1cccc(C(=O)N2[C@@H]3CC[C@@H]2CC(NC(=O)c2ccc4sc(N)nc4c2)C3)c1. The van der Waals surface area contributed by atoms with Crippen LogP contribution in [0.4, 0.5) is 15.6 Å². The second-order valence-electron chi connectivity index (χ2n) is 8.67. The van der Waals surface area contributed by atoms with Crippen LogP contribution in [0.5, 0.6) is 0 Å². The van der Waals surface area contributed by atoms with Crippen LogP contribution in [0.2, 0.25) is 0 Å². The van der Waals surface area contributed by atoms with Crippen molar-refractivity contribution in [1.82, 2.24) is 15.2 Å².